The third-order valence-corrected chi connectivity index (χ3v) is 2.83. The van der Waals surface area contributed by atoms with Crippen LogP contribution in [0.5, 0.6) is 0 Å². The number of hydrogen-bond donors (Lipinski definition) is 1. The van der Waals surface area contributed by atoms with Gasteiger partial charge in [0.25, 0.3) is 0 Å². The standard InChI is InChI=1S/C14H19N3/c1-3-12-6-5-7-13(10-12)15-11-14-8-9-17(4-2)16-14/h5-10,15H,3-4,11H2,1-2H3. The molecule has 0 saturated carbocycles. The van der Waals surface area contributed by atoms with Gasteiger partial charge in [0.15, 0.2) is 0 Å². The van der Waals surface area contributed by atoms with Gasteiger partial charge in [-0.2, -0.15) is 5.10 Å². The van der Waals surface area contributed by atoms with Gasteiger partial charge in [-0.05, 0) is 37.1 Å². The van der Waals surface area contributed by atoms with Crippen molar-refractivity contribution in [1.29, 1.82) is 0 Å². The summed E-state index contributed by atoms with van der Waals surface area (Å²) in [6.45, 7) is 5.96. The molecule has 2 rings (SSSR count). The van der Waals surface area contributed by atoms with E-state index in [9.17, 15) is 0 Å². The summed E-state index contributed by atoms with van der Waals surface area (Å²) in [7, 11) is 0. The van der Waals surface area contributed by atoms with Crippen LogP contribution in [0.4, 0.5) is 5.69 Å². The fourth-order valence-electron chi connectivity index (χ4n) is 1.77. The van der Waals surface area contributed by atoms with Crippen LogP contribution in [0.2, 0.25) is 0 Å². The van der Waals surface area contributed by atoms with Crippen molar-refractivity contribution in [2.75, 3.05) is 5.32 Å². The molecule has 1 N–H and O–H groups in total. The van der Waals surface area contributed by atoms with Crippen molar-refractivity contribution in [1.82, 2.24) is 9.78 Å². The van der Waals surface area contributed by atoms with Crippen molar-refractivity contribution in [3.05, 3.63) is 47.8 Å². The van der Waals surface area contributed by atoms with E-state index in [2.05, 4.69) is 54.6 Å². The minimum Gasteiger partial charge on any atom is -0.379 e. The van der Waals surface area contributed by atoms with Gasteiger partial charge >= 0.3 is 0 Å². The molecule has 0 radical (unpaired) electrons. The number of aromatic nitrogens is 2. The Morgan fingerprint density at radius 1 is 1.24 bits per heavy atom. The molecule has 0 saturated heterocycles. The normalized spacial score (nSPS) is 10.5. The number of hydrogen-bond acceptors (Lipinski definition) is 2. The van der Waals surface area contributed by atoms with Crippen molar-refractivity contribution in [3.8, 4) is 0 Å². The van der Waals surface area contributed by atoms with Crippen molar-refractivity contribution < 1.29 is 0 Å². The maximum Gasteiger partial charge on any atom is 0.0815 e. The second-order valence-corrected chi connectivity index (χ2v) is 4.07. The Kier molecular flexibility index (Phi) is 3.81. The largest absolute Gasteiger partial charge is 0.379 e. The molecule has 2 aromatic rings. The molecule has 0 aliphatic heterocycles. The summed E-state index contributed by atoms with van der Waals surface area (Å²) >= 11 is 0. The lowest BCUT2D eigenvalue weighted by Gasteiger charge is -2.06. The van der Waals surface area contributed by atoms with Gasteiger partial charge in [-0.3, -0.25) is 4.68 Å². The van der Waals surface area contributed by atoms with E-state index in [0.717, 1.165) is 30.9 Å². The molecule has 3 nitrogen and oxygen atoms in total. The van der Waals surface area contributed by atoms with Crippen LogP contribution in [0.1, 0.15) is 25.1 Å². The van der Waals surface area contributed by atoms with Gasteiger partial charge in [0.2, 0.25) is 0 Å². The highest BCUT2D eigenvalue weighted by molar-refractivity contribution is 5.45. The average molecular weight is 229 g/mol. The molecular formula is C14H19N3. The lowest BCUT2D eigenvalue weighted by Crippen LogP contribution is -2.02. The van der Waals surface area contributed by atoms with Gasteiger partial charge in [0.05, 0.1) is 12.2 Å². The van der Waals surface area contributed by atoms with Gasteiger partial charge < -0.3 is 5.32 Å². The fourth-order valence-corrected chi connectivity index (χ4v) is 1.77. The van der Waals surface area contributed by atoms with Crippen molar-refractivity contribution in [2.45, 2.75) is 33.4 Å². The van der Waals surface area contributed by atoms with Crippen LogP contribution in [0.3, 0.4) is 0 Å². The Labute approximate surface area is 102 Å². The van der Waals surface area contributed by atoms with Crippen LogP contribution >= 0.6 is 0 Å². The molecule has 0 amide bonds. The van der Waals surface area contributed by atoms with E-state index in [0.29, 0.717) is 0 Å². The molecule has 90 valence electrons. The highest BCUT2D eigenvalue weighted by Gasteiger charge is 1.98. The molecule has 17 heavy (non-hydrogen) atoms. The molecule has 1 heterocycles. The third kappa shape index (κ3) is 3.09. The minimum absolute atomic E-state index is 0.778. The second kappa shape index (κ2) is 5.53. The summed E-state index contributed by atoms with van der Waals surface area (Å²) in [6, 6.07) is 10.6. The molecular weight excluding hydrogens is 210 g/mol. The first-order valence-electron chi connectivity index (χ1n) is 6.17. The lowest BCUT2D eigenvalue weighted by atomic mass is 10.1. The Bertz CT molecular complexity index is 474. The summed E-state index contributed by atoms with van der Waals surface area (Å²) < 4.78 is 1.94. The van der Waals surface area contributed by atoms with Crippen LogP contribution in [-0.4, -0.2) is 9.78 Å². The highest BCUT2D eigenvalue weighted by Crippen LogP contribution is 2.12. The Morgan fingerprint density at radius 3 is 2.82 bits per heavy atom. The van der Waals surface area contributed by atoms with Gasteiger partial charge in [0.1, 0.15) is 0 Å². The molecule has 0 atom stereocenters. The molecule has 0 bridgehead atoms. The van der Waals surface area contributed by atoms with Gasteiger partial charge in [-0.25, -0.2) is 0 Å². The topological polar surface area (TPSA) is 29.9 Å². The van der Waals surface area contributed by atoms with Crippen molar-refractivity contribution in [3.63, 3.8) is 0 Å². The fraction of sp³-hybridized carbons (Fsp3) is 0.357. The quantitative estimate of drug-likeness (QED) is 0.854. The summed E-state index contributed by atoms with van der Waals surface area (Å²) in [5.41, 5.74) is 3.60. The van der Waals surface area contributed by atoms with Gasteiger partial charge in [-0.1, -0.05) is 19.1 Å². The summed E-state index contributed by atoms with van der Waals surface area (Å²) in [5.74, 6) is 0. The zero-order valence-electron chi connectivity index (χ0n) is 10.5. The maximum absolute atomic E-state index is 4.44. The predicted octanol–water partition coefficient (Wildman–Crippen LogP) is 3.08. The van der Waals surface area contributed by atoms with E-state index in [-0.39, 0.29) is 0 Å². The molecule has 0 aliphatic rings. The maximum atomic E-state index is 4.44. The number of rotatable bonds is 5. The van der Waals surface area contributed by atoms with E-state index in [4.69, 9.17) is 0 Å². The van der Waals surface area contributed by atoms with E-state index in [1.165, 1.54) is 5.56 Å². The zero-order chi connectivity index (χ0) is 12.1. The Hall–Kier alpha value is -1.77. The molecule has 1 aromatic heterocycles. The molecule has 0 aliphatic carbocycles. The van der Waals surface area contributed by atoms with Gasteiger partial charge in [0, 0.05) is 18.4 Å². The SMILES string of the molecule is CCc1cccc(NCc2ccn(CC)n2)c1. The lowest BCUT2D eigenvalue weighted by molar-refractivity contribution is 0.649. The number of nitrogens with zero attached hydrogens (tertiary/aromatic N) is 2. The number of nitrogens with one attached hydrogen (secondary N) is 1. The molecule has 0 unspecified atom stereocenters. The van der Waals surface area contributed by atoms with E-state index >= 15 is 0 Å². The van der Waals surface area contributed by atoms with Crippen LogP contribution in [0.15, 0.2) is 36.5 Å². The molecule has 3 heteroatoms. The van der Waals surface area contributed by atoms with E-state index in [1.54, 1.807) is 0 Å². The average Bonchev–Trinajstić information content (AvgIpc) is 2.84. The molecule has 0 fully saturated rings. The van der Waals surface area contributed by atoms with Crippen molar-refractivity contribution >= 4 is 5.69 Å². The summed E-state index contributed by atoms with van der Waals surface area (Å²) in [5, 5.41) is 7.84. The van der Waals surface area contributed by atoms with Crippen LogP contribution in [0, 0.1) is 0 Å². The smallest absolute Gasteiger partial charge is 0.0815 e. The van der Waals surface area contributed by atoms with Crippen LogP contribution in [-0.2, 0) is 19.5 Å². The number of aryl methyl sites for hydroxylation is 2. The second-order valence-electron chi connectivity index (χ2n) is 4.07. The zero-order valence-corrected chi connectivity index (χ0v) is 10.5. The number of benzene rings is 1. The minimum atomic E-state index is 0.778. The first-order chi connectivity index (χ1) is 8.31. The van der Waals surface area contributed by atoms with Crippen LogP contribution < -0.4 is 5.32 Å². The number of anilines is 1. The Balaban J connectivity index is 1.96. The van der Waals surface area contributed by atoms with E-state index in [1.807, 2.05) is 10.9 Å². The Morgan fingerprint density at radius 2 is 2.12 bits per heavy atom. The monoisotopic (exact) mass is 229 g/mol. The van der Waals surface area contributed by atoms with E-state index < -0.39 is 0 Å². The summed E-state index contributed by atoms with van der Waals surface area (Å²) in [4.78, 5) is 0. The first kappa shape index (κ1) is 11.7. The summed E-state index contributed by atoms with van der Waals surface area (Å²) in [6.07, 6.45) is 3.08. The third-order valence-electron chi connectivity index (χ3n) is 2.83. The molecule has 0 spiro atoms. The van der Waals surface area contributed by atoms with Crippen molar-refractivity contribution in [2.24, 2.45) is 0 Å². The predicted molar refractivity (Wildman–Crippen MR) is 71.0 cm³/mol. The van der Waals surface area contributed by atoms with Crippen LogP contribution in [0.25, 0.3) is 0 Å². The first-order valence-corrected chi connectivity index (χ1v) is 6.17. The van der Waals surface area contributed by atoms with Gasteiger partial charge in [-0.15, -0.1) is 0 Å². The molecule has 1 aromatic carbocycles. The highest BCUT2D eigenvalue weighted by atomic mass is 15.3.